The zero-order valence-corrected chi connectivity index (χ0v) is 10.3. The second-order valence-corrected chi connectivity index (χ2v) is 4.85. The number of ether oxygens (including phenoxy) is 1. The summed E-state index contributed by atoms with van der Waals surface area (Å²) in [6.07, 6.45) is 3.85. The maximum Gasteiger partial charge on any atom is 0.121 e. The maximum atomic E-state index is 5.91. The molecule has 88 valence electrons. The average Bonchev–Trinajstić information content (AvgIpc) is 2.70. The summed E-state index contributed by atoms with van der Waals surface area (Å²) >= 11 is 5.91. The van der Waals surface area contributed by atoms with Crippen molar-refractivity contribution in [3.8, 4) is 5.75 Å². The molecule has 0 spiro atoms. The summed E-state index contributed by atoms with van der Waals surface area (Å²) in [5.74, 6) is 0.859. The molecule has 2 atom stereocenters. The molecule has 1 heterocycles. The Labute approximate surface area is 102 Å². The lowest BCUT2D eigenvalue weighted by Gasteiger charge is -2.18. The second-order valence-electron chi connectivity index (χ2n) is 4.41. The zero-order chi connectivity index (χ0) is 11.4. The molecule has 0 bridgehead atoms. The minimum absolute atomic E-state index is 0.231. The van der Waals surface area contributed by atoms with Crippen molar-refractivity contribution in [3.05, 3.63) is 29.3 Å². The van der Waals surface area contributed by atoms with E-state index in [1.54, 1.807) is 0 Å². The number of nitrogens with one attached hydrogen (secondary N) is 1. The summed E-state index contributed by atoms with van der Waals surface area (Å²) in [6.45, 7) is 3.26. The standard InChI is InChI=1S/C13H18ClNO/c1-10(8-12-5-3-7-15-12)16-13-6-2-4-11(14)9-13/h2,4,6,9-10,12,15H,3,5,7-8H2,1H3. The number of halogens is 1. The van der Waals surface area contributed by atoms with Crippen molar-refractivity contribution in [2.24, 2.45) is 0 Å². The molecule has 0 aliphatic carbocycles. The van der Waals surface area contributed by atoms with Crippen molar-refractivity contribution in [1.29, 1.82) is 0 Å². The number of benzene rings is 1. The van der Waals surface area contributed by atoms with Crippen molar-refractivity contribution in [2.75, 3.05) is 6.54 Å². The van der Waals surface area contributed by atoms with Crippen molar-refractivity contribution in [1.82, 2.24) is 5.32 Å². The van der Waals surface area contributed by atoms with E-state index in [0.29, 0.717) is 6.04 Å². The predicted octanol–water partition coefficient (Wildman–Crippen LogP) is 3.25. The summed E-state index contributed by atoms with van der Waals surface area (Å²) in [5.41, 5.74) is 0. The van der Waals surface area contributed by atoms with E-state index in [1.165, 1.54) is 12.8 Å². The topological polar surface area (TPSA) is 21.3 Å². The van der Waals surface area contributed by atoms with Gasteiger partial charge in [-0.1, -0.05) is 17.7 Å². The van der Waals surface area contributed by atoms with Gasteiger partial charge in [-0.2, -0.15) is 0 Å². The van der Waals surface area contributed by atoms with Crippen LogP contribution >= 0.6 is 11.6 Å². The quantitative estimate of drug-likeness (QED) is 0.871. The van der Waals surface area contributed by atoms with Gasteiger partial charge in [-0.05, 0) is 50.9 Å². The van der Waals surface area contributed by atoms with Gasteiger partial charge in [-0.3, -0.25) is 0 Å². The van der Waals surface area contributed by atoms with Gasteiger partial charge in [0.15, 0.2) is 0 Å². The molecule has 1 aliphatic rings. The molecule has 16 heavy (non-hydrogen) atoms. The van der Waals surface area contributed by atoms with Crippen LogP contribution in [0.5, 0.6) is 5.75 Å². The van der Waals surface area contributed by atoms with Crippen LogP contribution in [-0.2, 0) is 0 Å². The lowest BCUT2D eigenvalue weighted by atomic mass is 10.1. The minimum atomic E-state index is 0.231. The largest absolute Gasteiger partial charge is 0.491 e. The van der Waals surface area contributed by atoms with Crippen molar-refractivity contribution in [3.63, 3.8) is 0 Å². The van der Waals surface area contributed by atoms with Gasteiger partial charge in [0.1, 0.15) is 5.75 Å². The molecule has 1 N–H and O–H groups in total. The third-order valence-corrected chi connectivity index (χ3v) is 3.15. The first-order chi connectivity index (χ1) is 7.74. The molecule has 2 unspecified atom stereocenters. The van der Waals surface area contributed by atoms with Crippen LogP contribution in [0.3, 0.4) is 0 Å². The van der Waals surface area contributed by atoms with Crippen LogP contribution in [0.4, 0.5) is 0 Å². The molecule has 1 aliphatic heterocycles. The number of hydrogen-bond acceptors (Lipinski definition) is 2. The van der Waals surface area contributed by atoms with Crippen LogP contribution in [0.25, 0.3) is 0 Å². The molecule has 1 fully saturated rings. The van der Waals surface area contributed by atoms with Gasteiger partial charge in [-0.15, -0.1) is 0 Å². The fraction of sp³-hybridized carbons (Fsp3) is 0.538. The first-order valence-corrected chi connectivity index (χ1v) is 6.27. The van der Waals surface area contributed by atoms with E-state index >= 15 is 0 Å². The van der Waals surface area contributed by atoms with Crippen molar-refractivity contribution in [2.45, 2.75) is 38.3 Å². The molecule has 0 radical (unpaired) electrons. The summed E-state index contributed by atoms with van der Waals surface area (Å²) in [6, 6.07) is 8.20. The van der Waals surface area contributed by atoms with Crippen LogP contribution in [0.1, 0.15) is 26.2 Å². The fourth-order valence-electron chi connectivity index (χ4n) is 2.18. The van der Waals surface area contributed by atoms with Gasteiger partial charge in [0, 0.05) is 11.1 Å². The molecule has 1 saturated heterocycles. The average molecular weight is 240 g/mol. The molecular weight excluding hydrogens is 222 g/mol. The predicted molar refractivity (Wildman–Crippen MR) is 67.2 cm³/mol. The Morgan fingerprint density at radius 3 is 3.12 bits per heavy atom. The molecule has 1 aromatic rings. The van der Waals surface area contributed by atoms with Gasteiger partial charge in [0.25, 0.3) is 0 Å². The first-order valence-electron chi connectivity index (χ1n) is 5.89. The number of rotatable bonds is 4. The first kappa shape index (κ1) is 11.7. The summed E-state index contributed by atoms with van der Waals surface area (Å²) in [5, 5.41) is 4.20. The maximum absolute atomic E-state index is 5.91. The van der Waals surface area contributed by atoms with Crippen molar-refractivity contribution >= 4 is 11.6 Å². The summed E-state index contributed by atoms with van der Waals surface area (Å²) in [4.78, 5) is 0. The molecule has 0 amide bonds. The Bertz CT molecular complexity index is 336. The fourth-order valence-corrected chi connectivity index (χ4v) is 2.36. The van der Waals surface area contributed by atoms with Gasteiger partial charge >= 0.3 is 0 Å². The van der Waals surface area contributed by atoms with E-state index < -0.39 is 0 Å². The molecule has 0 aromatic heterocycles. The van der Waals surface area contributed by atoms with E-state index in [4.69, 9.17) is 16.3 Å². The summed E-state index contributed by atoms with van der Waals surface area (Å²) < 4.78 is 5.83. The Morgan fingerprint density at radius 2 is 2.44 bits per heavy atom. The highest BCUT2D eigenvalue weighted by Crippen LogP contribution is 2.20. The van der Waals surface area contributed by atoms with E-state index in [1.807, 2.05) is 24.3 Å². The SMILES string of the molecule is CC(CC1CCCN1)Oc1cccc(Cl)c1. The van der Waals surface area contributed by atoms with Gasteiger partial charge in [0.2, 0.25) is 0 Å². The molecule has 3 heteroatoms. The lowest BCUT2D eigenvalue weighted by molar-refractivity contribution is 0.197. The van der Waals surface area contributed by atoms with Crippen molar-refractivity contribution < 1.29 is 4.74 Å². The Hall–Kier alpha value is -0.730. The summed E-state index contributed by atoms with van der Waals surface area (Å²) in [7, 11) is 0. The van der Waals surface area contributed by atoms with Crippen LogP contribution in [0, 0.1) is 0 Å². The Balaban J connectivity index is 1.84. The van der Waals surface area contributed by atoms with E-state index in [2.05, 4.69) is 12.2 Å². The highest BCUT2D eigenvalue weighted by atomic mass is 35.5. The Morgan fingerprint density at radius 1 is 1.56 bits per heavy atom. The molecular formula is C13H18ClNO. The third-order valence-electron chi connectivity index (χ3n) is 2.91. The highest BCUT2D eigenvalue weighted by Gasteiger charge is 2.17. The molecule has 2 nitrogen and oxygen atoms in total. The van der Waals surface area contributed by atoms with E-state index in [9.17, 15) is 0 Å². The monoisotopic (exact) mass is 239 g/mol. The minimum Gasteiger partial charge on any atom is -0.491 e. The molecule has 0 saturated carbocycles. The second kappa shape index (κ2) is 5.55. The van der Waals surface area contributed by atoms with Crippen LogP contribution in [0.15, 0.2) is 24.3 Å². The number of hydrogen-bond donors (Lipinski definition) is 1. The van der Waals surface area contributed by atoms with Crippen LogP contribution in [0.2, 0.25) is 5.02 Å². The highest BCUT2D eigenvalue weighted by molar-refractivity contribution is 6.30. The van der Waals surface area contributed by atoms with Gasteiger partial charge in [-0.25, -0.2) is 0 Å². The van der Waals surface area contributed by atoms with E-state index in [0.717, 1.165) is 23.7 Å². The normalized spacial score (nSPS) is 22.0. The zero-order valence-electron chi connectivity index (χ0n) is 9.58. The van der Waals surface area contributed by atoms with Crippen LogP contribution in [-0.4, -0.2) is 18.7 Å². The third kappa shape index (κ3) is 3.39. The van der Waals surface area contributed by atoms with Gasteiger partial charge in [0.05, 0.1) is 6.10 Å². The van der Waals surface area contributed by atoms with E-state index in [-0.39, 0.29) is 6.10 Å². The lowest BCUT2D eigenvalue weighted by Crippen LogP contribution is -2.28. The van der Waals surface area contributed by atoms with Gasteiger partial charge < -0.3 is 10.1 Å². The molecule has 1 aromatic carbocycles. The molecule has 2 rings (SSSR count). The smallest absolute Gasteiger partial charge is 0.121 e. The Kier molecular flexibility index (Phi) is 4.08. The van der Waals surface area contributed by atoms with Crippen LogP contribution < -0.4 is 10.1 Å².